The lowest BCUT2D eigenvalue weighted by Gasteiger charge is -2.37. The lowest BCUT2D eigenvalue weighted by atomic mass is 10.0. The van der Waals surface area contributed by atoms with Crippen LogP contribution < -0.4 is 4.31 Å². The highest BCUT2D eigenvalue weighted by molar-refractivity contribution is 7.94. The minimum atomic E-state index is -3.61. The molecule has 0 radical (unpaired) electrons. The summed E-state index contributed by atoms with van der Waals surface area (Å²) >= 11 is 1.65. The van der Waals surface area contributed by atoms with E-state index in [-0.39, 0.29) is 0 Å². The SMILES string of the molecule is COC1=CCC(C)(S(=O)(=O)N2Cc3ccccc3-c3sc(C)cc32)C=C1. The van der Waals surface area contributed by atoms with Gasteiger partial charge in [0.1, 0.15) is 10.5 Å². The monoisotopic (exact) mass is 387 g/mol. The number of allylic oxidation sites excluding steroid dienone is 2. The summed E-state index contributed by atoms with van der Waals surface area (Å²) in [6.07, 6.45) is 5.74. The lowest BCUT2D eigenvalue weighted by Crippen LogP contribution is -2.46. The van der Waals surface area contributed by atoms with E-state index in [9.17, 15) is 8.42 Å². The minimum absolute atomic E-state index is 0.367. The van der Waals surface area contributed by atoms with E-state index in [1.165, 1.54) is 0 Å². The molecule has 1 aromatic heterocycles. The number of rotatable bonds is 3. The molecule has 136 valence electrons. The Morgan fingerprint density at radius 2 is 2.04 bits per heavy atom. The highest BCUT2D eigenvalue weighted by Crippen LogP contribution is 2.47. The maximum Gasteiger partial charge on any atom is 0.244 e. The first-order chi connectivity index (χ1) is 12.4. The Hall–Kier alpha value is -2.05. The predicted octanol–water partition coefficient (Wildman–Crippen LogP) is 4.62. The molecule has 0 N–H and O–H groups in total. The number of anilines is 1. The molecule has 0 bridgehead atoms. The van der Waals surface area contributed by atoms with E-state index in [1.807, 2.05) is 37.3 Å². The molecule has 1 aliphatic heterocycles. The molecule has 1 unspecified atom stereocenters. The van der Waals surface area contributed by atoms with Gasteiger partial charge >= 0.3 is 0 Å². The summed E-state index contributed by atoms with van der Waals surface area (Å²) in [6.45, 7) is 4.17. The van der Waals surface area contributed by atoms with Crippen molar-refractivity contribution < 1.29 is 13.2 Å². The number of fused-ring (bicyclic) bond motifs is 3. The standard InChI is InChI=1S/C20H21NO3S2/c1-14-12-18-19(25-14)17-7-5-4-6-15(17)13-21(18)26(22,23)20(2)10-8-16(24-3)9-11-20/h4-10,12H,11,13H2,1-3H3. The molecule has 1 aliphatic carbocycles. The van der Waals surface area contributed by atoms with Crippen LogP contribution in [0.25, 0.3) is 10.4 Å². The summed E-state index contributed by atoms with van der Waals surface area (Å²) in [5.41, 5.74) is 2.97. The number of thiophene rings is 1. The Bertz CT molecular complexity index is 1030. The van der Waals surface area contributed by atoms with Gasteiger partial charge < -0.3 is 4.74 Å². The zero-order valence-electron chi connectivity index (χ0n) is 15.0. The second-order valence-corrected chi connectivity index (χ2v) is 10.5. The fourth-order valence-corrected chi connectivity index (χ4v) is 6.39. The first-order valence-corrected chi connectivity index (χ1v) is 10.8. The summed E-state index contributed by atoms with van der Waals surface area (Å²) < 4.78 is 33.1. The van der Waals surface area contributed by atoms with Crippen molar-refractivity contribution in [2.45, 2.75) is 31.6 Å². The van der Waals surface area contributed by atoms with Gasteiger partial charge in [0, 0.05) is 4.88 Å². The van der Waals surface area contributed by atoms with E-state index in [4.69, 9.17) is 4.74 Å². The smallest absolute Gasteiger partial charge is 0.244 e. The molecule has 6 heteroatoms. The average molecular weight is 388 g/mol. The largest absolute Gasteiger partial charge is 0.497 e. The van der Waals surface area contributed by atoms with Gasteiger partial charge in [-0.3, -0.25) is 4.31 Å². The number of sulfonamides is 1. The van der Waals surface area contributed by atoms with Crippen molar-refractivity contribution in [3.8, 4) is 10.4 Å². The highest BCUT2D eigenvalue weighted by atomic mass is 32.2. The van der Waals surface area contributed by atoms with Crippen molar-refractivity contribution in [3.63, 3.8) is 0 Å². The van der Waals surface area contributed by atoms with Crippen LogP contribution in [-0.4, -0.2) is 20.3 Å². The Morgan fingerprint density at radius 1 is 1.27 bits per heavy atom. The van der Waals surface area contributed by atoms with Gasteiger partial charge in [-0.05, 0) is 49.6 Å². The first-order valence-electron chi connectivity index (χ1n) is 8.50. The number of methoxy groups -OCH3 is 1. The van der Waals surface area contributed by atoms with Crippen LogP contribution in [0.2, 0.25) is 0 Å². The summed E-state index contributed by atoms with van der Waals surface area (Å²) in [4.78, 5) is 2.14. The molecule has 2 aromatic rings. The number of hydrogen-bond acceptors (Lipinski definition) is 4. The minimum Gasteiger partial charge on any atom is -0.497 e. The van der Waals surface area contributed by atoms with E-state index in [0.717, 1.165) is 26.6 Å². The van der Waals surface area contributed by atoms with Crippen LogP contribution in [0.3, 0.4) is 0 Å². The first kappa shape index (κ1) is 17.4. The van der Waals surface area contributed by atoms with Crippen molar-refractivity contribution in [1.82, 2.24) is 0 Å². The van der Waals surface area contributed by atoms with E-state index in [2.05, 4.69) is 6.07 Å². The van der Waals surface area contributed by atoms with E-state index >= 15 is 0 Å². The molecule has 0 saturated heterocycles. The number of benzene rings is 1. The van der Waals surface area contributed by atoms with Crippen LogP contribution in [0.4, 0.5) is 5.69 Å². The summed E-state index contributed by atoms with van der Waals surface area (Å²) in [5.74, 6) is 0.703. The molecule has 4 nitrogen and oxygen atoms in total. The van der Waals surface area contributed by atoms with Crippen molar-refractivity contribution in [3.05, 3.63) is 64.8 Å². The zero-order chi connectivity index (χ0) is 18.5. The van der Waals surface area contributed by atoms with Gasteiger partial charge in [0.05, 0.1) is 24.2 Å². The van der Waals surface area contributed by atoms with Gasteiger partial charge in [-0.15, -0.1) is 11.3 Å². The van der Waals surface area contributed by atoms with Gasteiger partial charge in [-0.25, -0.2) is 8.42 Å². The summed E-state index contributed by atoms with van der Waals surface area (Å²) in [6, 6.07) is 10.0. The third-order valence-corrected chi connectivity index (χ3v) is 8.56. The van der Waals surface area contributed by atoms with Crippen LogP contribution >= 0.6 is 11.3 Å². The topological polar surface area (TPSA) is 46.6 Å². The third kappa shape index (κ3) is 2.51. The Balaban J connectivity index is 1.81. The highest BCUT2D eigenvalue weighted by Gasteiger charge is 2.44. The number of hydrogen-bond donors (Lipinski definition) is 0. The fourth-order valence-electron chi connectivity index (χ4n) is 3.51. The van der Waals surface area contributed by atoms with Gasteiger partial charge in [-0.2, -0.15) is 0 Å². The Labute approximate surface area is 158 Å². The van der Waals surface area contributed by atoms with Gasteiger partial charge in [0.2, 0.25) is 10.0 Å². The van der Waals surface area contributed by atoms with Crippen molar-refractivity contribution in [2.24, 2.45) is 0 Å². The number of ether oxygens (including phenoxy) is 1. The maximum absolute atomic E-state index is 13.6. The van der Waals surface area contributed by atoms with E-state index in [0.29, 0.717) is 18.7 Å². The van der Waals surface area contributed by atoms with Crippen LogP contribution in [0.5, 0.6) is 0 Å². The van der Waals surface area contributed by atoms with Crippen molar-refractivity contribution in [2.75, 3.05) is 11.4 Å². The molecule has 2 heterocycles. The van der Waals surface area contributed by atoms with Gasteiger partial charge in [-0.1, -0.05) is 30.3 Å². The molecule has 26 heavy (non-hydrogen) atoms. The molecule has 1 aromatic carbocycles. The number of nitrogens with zero attached hydrogens (tertiary/aromatic N) is 1. The maximum atomic E-state index is 13.6. The van der Waals surface area contributed by atoms with Crippen LogP contribution in [0.15, 0.2) is 54.3 Å². The summed E-state index contributed by atoms with van der Waals surface area (Å²) in [7, 11) is -2.01. The van der Waals surface area contributed by atoms with Crippen LogP contribution in [0.1, 0.15) is 23.8 Å². The number of aryl methyl sites for hydroxylation is 1. The quantitative estimate of drug-likeness (QED) is 0.772. The zero-order valence-corrected chi connectivity index (χ0v) is 16.7. The van der Waals surface area contributed by atoms with Crippen LogP contribution in [0, 0.1) is 6.92 Å². The van der Waals surface area contributed by atoms with Crippen molar-refractivity contribution in [1.29, 1.82) is 0 Å². The third-order valence-electron chi connectivity index (χ3n) is 5.10. The molecule has 0 fully saturated rings. The predicted molar refractivity (Wildman–Crippen MR) is 107 cm³/mol. The molecular weight excluding hydrogens is 366 g/mol. The van der Waals surface area contributed by atoms with Gasteiger partial charge in [0.15, 0.2) is 0 Å². The normalized spacial score (nSPS) is 21.8. The molecule has 0 saturated carbocycles. The van der Waals surface area contributed by atoms with E-state index in [1.54, 1.807) is 41.8 Å². The molecular formula is C20H21NO3S2. The van der Waals surface area contributed by atoms with Crippen LogP contribution in [-0.2, 0) is 21.3 Å². The molecule has 0 spiro atoms. The fraction of sp³-hybridized carbons (Fsp3) is 0.300. The van der Waals surface area contributed by atoms with E-state index < -0.39 is 14.8 Å². The molecule has 0 amide bonds. The average Bonchev–Trinajstić information content (AvgIpc) is 3.03. The Morgan fingerprint density at radius 3 is 2.73 bits per heavy atom. The second-order valence-electron chi connectivity index (χ2n) is 6.90. The second kappa shape index (κ2) is 5.99. The Kier molecular flexibility index (Phi) is 4.00. The van der Waals surface area contributed by atoms with Crippen molar-refractivity contribution >= 4 is 27.0 Å². The molecule has 1 atom stereocenters. The summed E-state index contributed by atoms with van der Waals surface area (Å²) in [5, 5.41) is 0. The molecule has 4 rings (SSSR count). The molecule has 2 aliphatic rings. The van der Waals surface area contributed by atoms with Gasteiger partial charge in [0.25, 0.3) is 0 Å². The lowest BCUT2D eigenvalue weighted by molar-refractivity contribution is 0.302.